The summed E-state index contributed by atoms with van der Waals surface area (Å²) in [5, 5.41) is 12.3. The fraction of sp³-hybridized carbons (Fsp3) is 0.417. The topological polar surface area (TPSA) is 39.1 Å². The third-order valence-corrected chi connectivity index (χ3v) is 3.61. The van der Waals surface area contributed by atoms with Crippen LogP contribution < -0.4 is 5.32 Å². The molecule has 1 aliphatic heterocycles. The predicted octanol–water partition coefficient (Wildman–Crippen LogP) is 1.75. The number of nitrogens with one attached hydrogen (secondary N) is 1. The standard InChI is InChI=1S/C12H14BrN3/c13-12-4-2-1-3-10(12)9-16-6-5-15-8-11(16)7-14/h1-4,11,15H,5-6,8-9H2. The van der Waals surface area contributed by atoms with E-state index in [-0.39, 0.29) is 6.04 Å². The van der Waals surface area contributed by atoms with Crippen LogP contribution in [0.25, 0.3) is 0 Å². The molecule has 4 heteroatoms. The molecule has 1 unspecified atom stereocenters. The zero-order chi connectivity index (χ0) is 11.4. The molecule has 1 fully saturated rings. The summed E-state index contributed by atoms with van der Waals surface area (Å²) in [6.07, 6.45) is 0. The van der Waals surface area contributed by atoms with Crippen molar-refractivity contribution < 1.29 is 0 Å². The van der Waals surface area contributed by atoms with Crippen molar-refractivity contribution in [3.63, 3.8) is 0 Å². The largest absolute Gasteiger partial charge is 0.313 e. The van der Waals surface area contributed by atoms with Crippen LogP contribution in [0.3, 0.4) is 0 Å². The highest BCUT2D eigenvalue weighted by atomic mass is 79.9. The third-order valence-electron chi connectivity index (χ3n) is 2.83. The number of nitriles is 1. The number of hydrogen-bond acceptors (Lipinski definition) is 3. The first-order valence-electron chi connectivity index (χ1n) is 5.39. The van der Waals surface area contributed by atoms with Gasteiger partial charge in [-0.3, -0.25) is 4.90 Å². The number of benzene rings is 1. The first-order chi connectivity index (χ1) is 7.81. The molecule has 1 aliphatic rings. The van der Waals surface area contributed by atoms with Gasteiger partial charge in [0.2, 0.25) is 0 Å². The maximum absolute atomic E-state index is 9.07. The highest BCUT2D eigenvalue weighted by molar-refractivity contribution is 9.10. The van der Waals surface area contributed by atoms with Crippen LogP contribution in [0.1, 0.15) is 5.56 Å². The van der Waals surface area contributed by atoms with Gasteiger partial charge in [0.25, 0.3) is 0 Å². The Hall–Kier alpha value is -0.890. The molecule has 1 heterocycles. The molecule has 0 saturated carbocycles. The summed E-state index contributed by atoms with van der Waals surface area (Å²) in [5.74, 6) is 0. The summed E-state index contributed by atoms with van der Waals surface area (Å²) < 4.78 is 1.12. The summed E-state index contributed by atoms with van der Waals surface area (Å²) >= 11 is 3.54. The molecule has 0 aliphatic carbocycles. The second-order valence-corrected chi connectivity index (χ2v) is 4.77. The average Bonchev–Trinajstić information content (AvgIpc) is 2.33. The minimum Gasteiger partial charge on any atom is -0.313 e. The van der Waals surface area contributed by atoms with Gasteiger partial charge < -0.3 is 5.32 Å². The highest BCUT2D eigenvalue weighted by Gasteiger charge is 2.21. The molecular weight excluding hydrogens is 266 g/mol. The molecule has 1 atom stereocenters. The molecule has 16 heavy (non-hydrogen) atoms. The Bertz CT molecular complexity index is 399. The summed E-state index contributed by atoms with van der Waals surface area (Å²) in [6.45, 7) is 3.49. The van der Waals surface area contributed by atoms with E-state index < -0.39 is 0 Å². The first-order valence-corrected chi connectivity index (χ1v) is 6.18. The van der Waals surface area contributed by atoms with Gasteiger partial charge in [0.05, 0.1) is 6.07 Å². The van der Waals surface area contributed by atoms with E-state index >= 15 is 0 Å². The third kappa shape index (κ3) is 2.62. The van der Waals surface area contributed by atoms with Gasteiger partial charge in [0, 0.05) is 30.7 Å². The molecule has 1 aromatic carbocycles. The lowest BCUT2D eigenvalue weighted by Crippen LogP contribution is -2.50. The van der Waals surface area contributed by atoms with Gasteiger partial charge >= 0.3 is 0 Å². The molecule has 0 radical (unpaired) electrons. The molecule has 1 aromatic rings. The van der Waals surface area contributed by atoms with Crippen LogP contribution in [-0.2, 0) is 6.54 Å². The second kappa shape index (κ2) is 5.44. The van der Waals surface area contributed by atoms with Crippen molar-refractivity contribution in [2.75, 3.05) is 19.6 Å². The molecule has 2 rings (SSSR count). The van der Waals surface area contributed by atoms with Crippen LogP contribution in [0, 0.1) is 11.3 Å². The van der Waals surface area contributed by atoms with E-state index in [1.54, 1.807) is 0 Å². The van der Waals surface area contributed by atoms with E-state index in [2.05, 4.69) is 38.3 Å². The van der Waals surface area contributed by atoms with Crippen molar-refractivity contribution in [1.82, 2.24) is 10.2 Å². The lowest BCUT2D eigenvalue weighted by molar-refractivity contribution is 0.189. The van der Waals surface area contributed by atoms with Gasteiger partial charge in [-0.2, -0.15) is 5.26 Å². The lowest BCUT2D eigenvalue weighted by Gasteiger charge is -2.32. The van der Waals surface area contributed by atoms with Gasteiger partial charge in [0.15, 0.2) is 0 Å². The van der Waals surface area contributed by atoms with Crippen LogP contribution in [0.2, 0.25) is 0 Å². The quantitative estimate of drug-likeness (QED) is 0.897. The zero-order valence-corrected chi connectivity index (χ0v) is 10.6. The van der Waals surface area contributed by atoms with E-state index in [9.17, 15) is 0 Å². The second-order valence-electron chi connectivity index (χ2n) is 3.91. The Kier molecular flexibility index (Phi) is 3.94. The number of piperazine rings is 1. The van der Waals surface area contributed by atoms with Crippen molar-refractivity contribution in [2.45, 2.75) is 12.6 Å². The molecule has 1 N–H and O–H groups in total. The highest BCUT2D eigenvalue weighted by Crippen LogP contribution is 2.19. The molecule has 3 nitrogen and oxygen atoms in total. The lowest BCUT2D eigenvalue weighted by atomic mass is 10.1. The number of nitrogens with zero attached hydrogens (tertiary/aromatic N) is 2. The van der Waals surface area contributed by atoms with Crippen LogP contribution in [0.5, 0.6) is 0 Å². The van der Waals surface area contributed by atoms with Crippen LogP contribution in [-0.4, -0.2) is 30.6 Å². The van der Waals surface area contributed by atoms with E-state index in [4.69, 9.17) is 5.26 Å². The number of rotatable bonds is 2. The van der Waals surface area contributed by atoms with Crippen LogP contribution in [0.4, 0.5) is 0 Å². The maximum atomic E-state index is 9.07. The van der Waals surface area contributed by atoms with Gasteiger partial charge in [-0.25, -0.2) is 0 Å². The monoisotopic (exact) mass is 279 g/mol. The van der Waals surface area contributed by atoms with Gasteiger partial charge in [0.1, 0.15) is 6.04 Å². The summed E-state index contributed by atoms with van der Waals surface area (Å²) in [7, 11) is 0. The normalized spacial score (nSPS) is 21.6. The SMILES string of the molecule is N#CC1CNCCN1Cc1ccccc1Br. The van der Waals surface area contributed by atoms with Gasteiger partial charge in [-0.1, -0.05) is 34.1 Å². The number of hydrogen-bond donors (Lipinski definition) is 1. The van der Waals surface area contributed by atoms with Gasteiger partial charge in [-0.05, 0) is 11.6 Å². The molecule has 84 valence electrons. The van der Waals surface area contributed by atoms with Crippen molar-refractivity contribution in [1.29, 1.82) is 5.26 Å². The van der Waals surface area contributed by atoms with E-state index in [0.29, 0.717) is 0 Å². The maximum Gasteiger partial charge on any atom is 0.111 e. The predicted molar refractivity (Wildman–Crippen MR) is 66.8 cm³/mol. The first kappa shape index (κ1) is 11.6. The van der Waals surface area contributed by atoms with Crippen molar-refractivity contribution in [3.8, 4) is 6.07 Å². The van der Waals surface area contributed by atoms with E-state index in [1.165, 1.54) is 5.56 Å². The van der Waals surface area contributed by atoms with Crippen LogP contribution in [0.15, 0.2) is 28.7 Å². The van der Waals surface area contributed by atoms with E-state index in [1.807, 2.05) is 18.2 Å². The molecule has 0 spiro atoms. The molecule has 0 amide bonds. The average molecular weight is 280 g/mol. The Labute approximate surface area is 104 Å². The van der Waals surface area contributed by atoms with Gasteiger partial charge in [-0.15, -0.1) is 0 Å². The molecule has 1 saturated heterocycles. The molecule has 0 aromatic heterocycles. The smallest absolute Gasteiger partial charge is 0.111 e. The van der Waals surface area contributed by atoms with Crippen LogP contribution >= 0.6 is 15.9 Å². The number of halogens is 1. The van der Waals surface area contributed by atoms with Crippen molar-refractivity contribution in [2.24, 2.45) is 0 Å². The Morgan fingerprint density at radius 1 is 1.50 bits per heavy atom. The summed E-state index contributed by atoms with van der Waals surface area (Å²) in [5.41, 5.74) is 1.24. The Morgan fingerprint density at radius 3 is 3.06 bits per heavy atom. The van der Waals surface area contributed by atoms with Crippen molar-refractivity contribution >= 4 is 15.9 Å². The Morgan fingerprint density at radius 2 is 2.31 bits per heavy atom. The fourth-order valence-corrected chi connectivity index (χ4v) is 2.32. The van der Waals surface area contributed by atoms with E-state index in [0.717, 1.165) is 30.7 Å². The summed E-state index contributed by atoms with van der Waals surface area (Å²) in [4.78, 5) is 2.22. The molecular formula is C12H14BrN3. The fourth-order valence-electron chi connectivity index (χ4n) is 1.91. The zero-order valence-electron chi connectivity index (χ0n) is 8.99. The summed E-state index contributed by atoms with van der Waals surface area (Å²) in [6, 6.07) is 10.5. The Balaban J connectivity index is 2.09. The minimum atomic E-state index is -0.0131. The minimum absolute atomic E-state index is 0.0131. The molecule has 0 bridgehead atoms. The van der Waals surface area contributed by atoms with Crippen molar-refractivity contribution in [3.05, 3.63) is 34.3 Å².